The molecule has 0 fully saturated rings. The highest BCUT2D eigenvalue weighted by Gasteiger charge is 2.36. The smallest absolute Gasteiger partial charge is 0.283 e. The molecule has 1 N–H and O–H groups in total. The third-order valence-corrected chi connectivity index (χ3v) is 5.55. The summed E-state index contributed by atoms with van der Waals surface area (Å²) >= 11 is 1.32. The first kappa shape index (κ1) is 18.3. The predicted molar refractivity (Wildman–Crippen MR) is 116 cm³/mol. The summed E-state index contributed by atoms with van der Waals surface area (Å²) in [4.78, 5) is 18.4. The quantitative estimate of drug-likeness (QED) is 0.583. The monoisotopic (exact) mass is 415 g/mol. The number of thioether (sulfide) groups is 1. The van der Waals surface area contributed by atoms with Crippen molar-refractivity contribution in [1.82, 2.24) is 4.90 Å². The van der Waals surface area contributed by atoms with Gasteiger partial charge < -0.3 is 4.42 Å². The molecule has 0 atom stereocenters. The molecule has 3 aromatic rings. The fourth-order valence-electron chi connectivity index (χ4n) is 3.26. The summed E-state index contributed by atoms with van der Waals surface area (Å²) in [6.45, 7) is 0. The lowest BCUT2D eigenvalue weighted by Gasteiger charge is -2.26. The van der Waals surface area contributed by atoms with Crippen LogP contribution in [-0.2, 0) is 4.79 Å². The summed E-state index contributed by atoms with van der Waals surface area (Å²) in [5.41, 5.74) is 2.60. The van der Waals surface area contributed by atoms with Gasteiger partial charge in [0.05, 0.1) is 11.3 Å². The van der Waals surface area contributed by atoms with Gasteiger partial charge in [-0.05, 0) is 48.0 Å². The van der Waals surface area contributed by atoms with Crippen LogP contribution >= 0.6 is 11.8 Å². The number of amides is 1. The molecule has 7 heteroatoms. The lowest BCUT2D eigenvalue weighted by molar-refractivity contribution is -0.114. The Morgan fingerprint density at radius 1 is 1.00 bits per heavy atom. The Morgan fingerprint density at radius 2 is 1.77 bits per heavy atom. The van der Waals surface area contributed by atoms with E-state index in [-0.39, 0.29) is 17.2 Å². The minimum absolute atomic E-state index is 0.0461. The van der Waals surface area contributed by atoms with E-state index in [9.17, 15) is 9.18 Å². The van der Waals surface area contributed by atoms with E-state index in [4.69, 9.17) is 9.83 Å². The van der Waals surface area contributed by atoms with Gasteiger partial charge in [0.25, 0.3) is 5.91 Å². The Bertz CT molecular complexity index is 1260. The number of nitrogens with zero attached hydrogens (tertiary/aromatic N) is 2. The second-order valence-corrected chi connectivity index (χ2v) is 7.47. The molecule has 0 saturated heterocycles. The van der Waals surface area contributed by atoms with Crippen LogP contribution in [-0.4, -0.2) is 21.8 Å². The number of halogens is 1. The molecule has 146 valence electrons. The van der Waals surface area contributed by atoms with Crippen LogP contribution in [0.15, 0.2) is 87.1 Å². The number of hydrogen-bond acceptors (Lipinski definition) is 4. The fourth-order valence-corrected chi connectivity index (χ4v) is 4.15. The van der Waals surface area contributed by atoms with Crippen LogP contribution in [0.25, 0.3) is 23.1 Å². The summed E-state index contributed by atoms with van der Waals surface area (Å²) in [7, 11) is 0. The van der Waals surface area contributed by atoms with E-state index in [2.05, 4.69) is 4.99 Å². The standard InChI is InChI=1S/C23H14FN3O2S/c24-16-8-6-15(7-9-16)20-11-10-17(29-20)12-18-21(25)27-19(14-4-2-1-3-5-14)13-30-23(27)26-22(18)28/h1-13,25H/b18-12-,25-21?. The summed E-state index contributed by atoms with van der Waals surface area (Å²) in [6, 6.07) is 19.1. The van der Waals surface area contributed by atoms with Crippen molar-refractivity contribution in [3.63, 3.8) is 0 Å². The molecule has 0 unspecified atom stereocenters. The van der Waals surface area contributed by atoms with E-state index in [1.54, 1.807) is 29.2 Å². The number of benzene rings is 2. The predicted octanol–water partition coefficient (Wildman–Crippen LogP) is 5.39. The molecular weight excluding hydrogens is 401 g/mol. The number of fused-ring (bicyclic) bond motifs is 1. The molecular formula is C23H14FN3O2S. The molecule has 1 amide bonds. The zero-order chi connectivity index (χ0) is 20.7. The van der Waals surface area contributed by atoms with Crippen LogP contribution < -0.4 is 0 Å². The minimum Gasteiger partial charge on any atom is -0.457 e. The van der Waals surface area contributed by atoms with E-state index >= 15 is 0 Å². The van der Waals surface area contributed by atoms with Crippen LogP contribution in [0, 0.1) is 11.2 Å². The van der Waals surface area contributed by atoms with E-state index in [1.807, 2.05) is 35.7 Å². The van der Waals surface area contributed by atoms with Gasteiger partial charge in [0.1, 0.15) is 23.2 Å². The Kier molecular flexibility index (Phi) is 4.44. The number of furan rings is 1. The SMILES string of the molecule is N=C1/C(=C/c2ccc(-c3ccc(F)cc3)o2)C(=O)N=C2SC=C(c3ccccc3)N12. The zero-order valence-electron chi connectivity index (χ0n) is 15.5. The number of carbonyl (C=O) groups excluding carboxylic acids is 1. The summed E-state index contributed by atoms with van der Waals surface area (Å²) < 4.78 is 18.9. The van der Waals surface area contributed by atoms with Crippen molar-refractivity contribution in [2.24, 2.45) is 4.99 Å². The molecule has 0 bridgehead atoms. The highest BCUT2D eigenvalue weighted by Crippen LogP contribution is 2.37. The van der Waals surface area contributed by atoms with Crippen molar-refractivity contribution >= 4 is 40.4 Å². The molecule has 2 aromatic carbocycles. The van der Waals surface area contributed by atoms with Crippen LogP contribution in [0.5, 0.6) is 0 Å². The van der Waals surface area contributed by atoms with Crippen molar-refractivity contribution in [3.05, 3.63) is 94.9 Å². The van der Waals surface area contributed by atoms with Crippen LogP contribution in [0.3, 0.4) is 0 Å². The minimum atomic E-state index is -0.485. The molecule has 30 heavy (non-hydrogen) atoms. The number of nitrogens with one attached hydrogen (secondary N) is 1. The van der Waals surface area contributed by atoms with Crippen molar-refractivity contribution in [3.8, 4) is 11.3 Å². The Morgan fingerprint density at radius 3 is 2.53 bits per heavy atom. The second kappa shape index (κ2) is 7.27. The number of carbonyl (C=O) groups is 1. The molecule has 5 rings (SSSR count). The van der Waals surface area contributed by atoms with Gasteiger partial charge in [-0.15, -0.1) is 0 Å². The normalized spacial score (nSPS) is 17.2. The van der Waals surface area contributed by atoms with E-state index in [0.717, 1.165) is 16.8 Å². The number of rotatable bonds is 3. The average Bonchev–Trinajstić information content (AvgIpc) is 3.39. The van der Waals surface area contributed by atoms with Crippen molar-refractivity contribution in [2.75, 3.05) is 0 Å². The molecule has 3 heterocycles. The lowest BCUT2D eigenvalue weighted by atomic mass is 10.1. The van der Waals surface area contributed by atoms with Crippen LogP contribution in [0.2, 0.25) is 0 Å². The average molecular weight is 415 g/mol. The van der Waals surface area contributed by atoms with Crippen molar-refractivity contribution < 1.29 is 13.6 Å². The van der Waals surface area contributed by atoms with Gasteiger partial charge >= 0.3 is 0 Å². The summed E-state index contributed by atoms with van der Waals surface area (Å²) in [5, 5.41) is 11.0. The van der Waals surface area contributed by atoms with E-state index < -0.39 is 5.91 Å². The highest BCUT2D eigenvalue weighted by molar-refractivity contribution is 8.17. The van der Waals surface area contributed by atoms with Gasteiger partial charge in [0.15, 0.2) is 5.17 Å². The summed E-state index contributed by atoms with van der Waals surface area (Å²) in [6.07, 6.45) is 1.52. The Labute approximate surface area is 175 Å². The second-order valence-electron chi connectivity index (χ2n) is 6.64. The van der Waals surface area contributed by atoms with Gasteiger partial charge in [0.2, 0.25) is 0 Å². The molecule has 1 aromatic heterocycles. The molecule has 0 aliphatic carbocycles. The van der Waals surface area contributed by atoms with Crippen molar-refractivity contribution in [2.45, 2.75) is 0 Å². The van der Waals surface area contributed by atoms with E-state index in [1.165, 1.54) is 30.0 Å². The number of aliphatic imine (C=N–C) groups is 1. The molecule has 2 aliphatic rings. The third kappa shape index (κ3) is 3.19. The molecule has 0 saturated carbocycles. The summed E-state index contributed by atoms with van der Waals surface area (Å²) in [5.74, 6) is 0.194. The maximum atomic E-state index is 13.1. The van der Waals surface area contributed by atoms with Gasteiger partial charge in [-0.1, -0.05) is 42.1 Å². The first-order chi connectivity index (χ1) is 14.6. The van der Waals surface area contributed by atoms with Gasteiger partial charge in [-0.2, -0.15) is 4.99 Å². The van der Waals surface area contributed by atoms with Gasteiger partial charge in [0, 0.05) is 11.0 Å². The topological polar surface area (TPSA) is 69.7 Å². The van der Waals surface area contributed by atoms with Gasteiger partial charge in [-0.25, -0.2) is 4.39 Å². The first-order valence-electron chi connectivity index (χ1n) is 9.12. The van der Waals surface area contributed by atoms with Crippen LogP contribution in [0.4, 0.5) is 4.39 Å². The van der Waals surface area contributed by atoms with Crippen LogP contribution in [0.1, 0.15) is 11.3 Å². The third-order valence-electron chi connectivity index (χ3n) is 4.73. The first-order valence-corrected chi connectivity index (χ1v) is 10.00. The van der Waals surface area contributed by atoms with Crippen molar-refractivity contribution in [1.29, 1.82) is 5.41 Å². The highest BCUT2D eigenvalue weighted by atomic mass is 32.2. The molecule has 0 radical (unpaired) electrons. The molecule has 0 spiro atoms. The maximum absolute atomic E-state index is 13.1. The van der Waals surface area contributed by atoms with E-state index in [0.29, 0.717) is 16.7 Å². The zero-order valence-corrected chi connectivity index (χ0v) is 16.3. The lowest BCUT2D eigenvalue weighted by Crippen LogP contribution is -2.37. The largest absolute Gasteiger partial charge is 0.457 e. The molecule has 2 aliphatic heterocycles. The Hall–Kier alpha value is -3.71. The maximum Gasteiger partial charge on any atom is 0.283 e. The number of amidine groups is 2. The fraction of sp³-hybridized carbons (Fsp3) is 0. The number of hydrogen-bond donors (Lipinski definition) is 1. The Balaban J connectivity index is 1.48. The van der Waals surface area contributed by atoms with Gasteiger partial charge in [-0.3, -0.25) is 15.1 Å². The molecule has 5 nitrogen and oxygen atoms in total.